The summed E-state index contributed by atoms with van der Waals surface area (Å²) in [7, 11) is -3.90. The summed E-state index contributed by atoms with van der Waals surface area (Å²) in [6.45, 7) is 4.40. The van der Waals surface area contributed by atoms with Crippen molar-refractivity contribution in [1.82, 2.24) is 14.6 Å². The largest absolute Gasteiger partial charge is 0.302 e. The Labute approximate surface area is 119 Å². The number of hydrogen-bond acceptors (Lipinski definition) is 4. The Hall–Kier alpha value is -1.05. The van der Waals surface area contributed by atoms with Gasteiger partial charge in [0, 0.05) is 18.8 Å². The molecule has 20 heavy (non-hydrogen) atoms. The fourth-order valence-electron chi connectivity index (χ4n) is 2.46. The molecule has 1 atom stereocenters. The summed E-state index contributed by atoms with van der Waals surface area (Å²) in [6, 6.07) is 2.18. The number of piperidine rings is 1. The van der Waals surface area contributed by atoms with Crippen LogP contribution in [0.1, 0.15) is 26.2 Å². The molecule has 1 aliphatic heterocycles. The number of nitrogens with one attached hydrogen (secondary N) is 1. The van der Waals surface area contributed by atoms with Crippen LogP contribution >= 0.6 is 0 Å². The third-order valence-corrected chi connectivity index (χ3v) is 4.84. The highest BCUT2D eigenvalue weighted by Crippen LogP contribution is 2.12. The summed E-state index contributed by atoms with van der Waals surface area (Å²) in [4.78, 5) is 5.84. The zero-order valence-corrected chi connectivity index (χ0v) is 12.4. The first-order chi connectivity index (χ1) is 9.49. The molecule has 1 N–H and O–H groups in total. The van der Waals surface area contributed by atoms with Gasteiger partial charge in [0.1, 0.15) is 0 Å². The maximum Gasteiger partial charge on any atom is 0.261 e. The summed E-state index contributed by atoms with van der Waals surface area (Å²) < 4.78 is 40.1. The van der Waals surface area contributed by atoms with Gasteiger partial charge in [-0.15, -0.1) is 0 Å². The highest BCUT2D eigenvalue weighted by atomic mass is 32.2. The number of aromatic nitrogens is 1. The average molecular weight is 301 g/mol. The van der Waals surface area contributed by atoms with Crippen molar-refractivity contribution in [2.45, 2.75) is 37.3 Å². The van der Waals surface area contributed by atoms with E-state index in [-0.39, 0.29) is 6.04 Å². The van der Waals surface area contributed by atoms with Gasteiger partial charge in [-0.25, -0.2) is 22.5 Å². The molecule has 2 heterocycles. The average Bonchev–Trinajstić information content (AvgIpc) is 2.39. The van der Waals surface area contributed by atoms with Gasteiger partial charge in [0.25, 0.3) is 10.0 Å². The van der Waals surface area contributed by atoms with Gasteiger partial charge in [-0.1, -0.05) is 6.42 Å². The molecule has 0 spiro atoms. The van der Waals surface area contributed by atoms with Crippen LogP contribution in [0.4, 0.5) is 4.39 Å². The molecular weight excluding hydrogens is 281 g/mol. The molecule has 1 aromatic rings. The van der Waals surface area contributed by atoms with Crippen LogP contribution in [0.5, 0.6) is 0 Å². The van der Waals surface area contributed by atoms with E-state index in [0.717, 1.165) is 32.0 Å². The lowest BCUT2D eigenvalue weighted by Gasteiger charge is -2.29. The van der Waals surface area contributed by atoms with Crippen LogP contribution < -0.4 is 4.72 Å². The number of likely N-dealkylation sites (tertiary alicyclic amines) is 1. The molecule has 0 bridgehead atoms. The molecule has 2 rings (SSSR count). The monoisotopic (exact) mass is 301 g/mol. The maximum atomic E-state index is 13.5. The summed E-state index contributed by atoms with van der Waals surface area (Å²) in [6.07, 6.45) is 4.80. The van der Waals surface area contributed by atoms with Gasteiger partial charge in [0.15, 0.2) is 5.82 Å². The van der Waals surface area contributed by atoms with Crippen molar-refractivity contribution < 1.29 is 12.8 Å². The second kappa shape index (κ2) is 6.60. The minimum Gasteiger partial charge on any atom is -0.302 e. The van der Waals surface area contributed by atoms with E-state index in [0.29, 0.717) is 6.54 Å². The first-order valence-corrected chi connectivity index (χ1v) is 8.32. The van der Waals surface area contributed by atoms with Crippen molar-refractivity contribution in [3.05, 3.63) is 24.1 Å². The second-order valence-corrected chi connectivity index (χ2v) is 6.80. The number of hydrogen-bond donors (Lipinski definition) is 1. The molecular formula is C13H20FN3O2S. The third kappa shape index (κ3) is 3.97. The SMILES string of the molecule is CC(CN1CCCCC1)NS(=O)(=O)c1ncccc1F. The van der Waals surface area contributed by atoms with E-state index in [1.165, 1.54) is 18.7 Å². The third-order valence-electron chi connectivity index (χ3n) is 3.32. The molecule has 0 radical (unpaired) electrons. The predicted octanol–water partition coefficient (Wildman–Crippen LogP) is 1.37. The topological polar surface area (TPSA) is 62.3 Å². The molecule has 0 saturated carbocycles. The van der Waals surface area contributed by atoms with Crippen LogP contribution in [0, 0.1) is 5.82 Å². The number of rotatable bonds is 5. The van der Waals surface area contributed by atoms with E-state index in [9.17, 15) is 12.8 Å². The lowest BCUT2D eigenvalue weighted by Crippen LogP contribution is -2.43. The number of nitrogens with zero attached hydrogens (tertiary/aromatic N) is 2. The van der Waals surface area contributed by atoms with E-state index in [4.69, 9.17) is 0 Å². The van der Waals surface area contributed by atoms with Crippen LogP contribution in [-0.2, 0) is 10.0 Å². The molecule has 0 aliphatic carbocycles. The minimum absolute atomic E-state index is 0.278. The van der Waals surface area contributed by atoms with Crippen LogP contribution in [0.15, 0.2) is 23.4 Å². The van der Waals surface area contributed by atoms with E-state index in [1.54, 1.807) is 6.92 Å². The van der Waals surface area contributed by atoms with Crippen molar-refractivity contribution in [1.29, 1.82) is 0 Å². The molecule has 1 aromatic heterocycles. The van der Waals surface area contributed by atoms with Crippen molar-refractivity contribution in [3.63, 3.8) is 0 Å². The zero-order valence-electron chi connectivity index (χ0n) is 11.5. The Morgan fingerprint density at radius 3 is 2.75 bits per heavy atom. The first-order valence-electron chi connectivity index (χ1n) is 6.84. The lowest BCUT2D eigenvalue weighted by atomic mass is 10.1. The predicted molar refractivity (Wildman–Crippen MR) is 74.3 cm³/mol. The first kappa shape index (κ1) is 15.3. The Morgan fingerprint density at radius 1 is 1.40 bits per heavy atom. The van der Waals surface area contributed by atoms with Crippen LogP contribution in [-0.4, -0.2) is 44.0 Å². The van der Waals surface area contributed by atoms with E-state index in [1.807, 2.05) is 0 Å². The van der Waals surface area contributed by atoms with Gasteiger partial charge in [0.05, 0.1) is 0 Å². The van der Waals surface area contributed by atoms with Gasteiger partial charge in [-0.3, -0.25) is 0 Å². The summed E-state index contributed by atoms with van der Waals surface area (Å²) in [5.74, 6) is -0.829. The van der Waals surface area contributed by atoms with Gasteiger partial charge < -0.3 is 4.90 Å². The fraction of sp³-hybridized carbons (Fsp3) is 0.615. The van der Waals surface area contributed by atoms with Crippen molar-refractivity contribution >= 4 is 10.0 Å². The zero-order chi connectivity index (χ0) is 14.6. The molecule has 1 unspecified atom stereocenters. The molecule has 7 heteroatoms. The molecule has 112 valence electrons. The molecule has 1 fully saturated rings. The van der Waals surface area contributed by atoms with E-state index in [2.05, 4.69) is 14.6 Å². The van der Waals surface area contributed by atoms with Gasteiger partial charge in [0.2, 0.25) is 5.03 Å². The van der Waals surface area contributed by atoms with Crippen molar-refractivity contribution in [2.24, 2.45) is 0 Å². The molecule has 1 aliphatic rings. The van der Waals surface area contributed by atoms with Crippen LogP contribution in [0.3, 0.4) is 0 Å². The lowest BCUT2D eigenvalue weighted by molar-refractivity contribution is 0.215. The Kier molecular flexibility index (Phi) is 5.06. The van der Waals surface area contributed by atoms with Crippen LogP contribution in [0.2, 0.25) is 0 Å². The standard InChI is InChI=1S/C13H20FN3O2S/c1-11(10-17-8-3-2-4-9-17)16-20(18,19)13-12(14)6-5-7-15-13/h5-7,11,16H,2-4,8-10H2,1H3. The second-order valence-electron chi connectivity index (χ2n) is 5.17. The quantitative estimate of drug-likeness (QED) is 0.892. The van der Waals surface area contributed by atoms with Gasteiger partial charge in [-0.05, 0) is 45.0 Å². The highest BCUT2D eigenvalue weighted by molar-refractivity contribution is 7.89. The maximum absolute atomic E-state index is 13.5. The summed E-state index contributed by atoms with van der Waals surface area (Å²) in [5.41, 5.74) is 0. The van der Waals surface area contributed by atoms with Crippen molar-refractivity contribution in [2.75, 3.05) is 19.6 Å². The summed E-state index contributed by atoms with van der Waals surface area (Å²) >= 11 is 0. The molecule has 1 saturated heterocycles. The van der Waals surface area contributed by atoms with E-state index < -0.39 is 20.9 Å². The van der Waals surface area contributed by atoms with Crippen molar-refractivity contribution in [3.8, 4) is 0 Å². The summed E-state index contributed by atoms with van der Waals surface area (Å²) in [5, 5.41) is -0.537. The Bertz CT molecular complexity index is 544. The van der Waals surface area contributed by atoms with Gasteiger partial charge >= 0.3 is 0 Å². The number of sulfonamides is 1. The number of pyridine rings is 1. The van der Waals surface area contributed by atoms with Gasteiger partial charge in [-0.2, -0.15) is 0 Å². The Morgan fingerprint density at radius 2 is 2.10 bits per heavy atom. The molecule has 0 aromatic carbocycles. The smallest absolute Gasteiger partial charge is 0.261 e. The fourth-order valence-corrected chi connectivity index (χ4v) is 3.70. The van der Waals surface area contributed by atoms with Crippen LogP contribution in [0.25, 0.3) is 0 Å². The van der Waals surface area contributed by atoms with E-state index >= 15 is 0 Å². The number of halogens is 1. The minimum atomic E-state index is -3.90. The normalized spacial score (nSPS) is 18.9. The molecule has 0 amide bonds. The molecule has 5 nitrogen and oxygen atoms in total. The Balaban J connectivity index is 1.99. The highest BCUT2D eigenvalue weighted by Gasteiger charge is 2.23.